The van der Waals surface area contributed by atoms with Gasteiger partial charge in [-0.2, -0.15) is 4.98 Å². The summed E-state index contributed by atoms with van der Waals surface area (Å²) in [7, 11) is 1.32. The fourth-order valence-corrected chi connectivity index (χ4v) is 0.979. The minimum absolute atomic E-state index is 0.0616. The van der Waals surface area contributed by atoms with E-state index in [1.807, 2.05) is 0 Å². The van der Waals surface area contributed by atoms with Gasteiger partial charge in [-0.25, -0.2) is 13.8 Å². The summed E-state index contributed by atoms with van der Waals surface area (Å²) in [6, 6.07) is -0.0616. The molecule has 0 aliphatic rings. The number of nitrogens with zero attached hydrogens (tertiary/aromatic N) is 2. The Morgan fingerprint density at radius 3 is 2.75 bits per heavy atom. The molecule has 0 aromatic carbocycles. The van der Waals surface area contributed by atoms with Crippen LogP contribution in [0.25, 0.3) is 0 Å². The standard InChI is InChI=1S/C6H5BrF2N2O/c1-12-6-10-2-3(7)4(11-6)5(8)9/h2,5H,1H3. The van der Waals surface area contributed by atoms with E-state index in [4.69, 9.17) is 0 Å². The van der Waals surface area contributed by atoms with Gasteiger partial charge >= 0.3 is 6.01 Å². The van der Waals surface area contributed by atoms with Crippen LogP contribution in [-0.2, 0) is 0 Å². The van der Waals surface area contributed by atoms with Gasteiger partial charge in [0.15, 0.2) is 0 Å². The number of aromatic nitrogens is 2. The lowest BCUT2D eigenvalue weighted by Crippen LogP contribution is -1.97. The molecule has 6 heteroatoms. The predicted octanol–water partition coefficient (Wildman–Crippen LogP) is 2.19. The Hall–Kier alpha value is -0.780. The maximum atomic E-state index is 12.2. The number of hydrogen-bond acceptors (Lipinski definition) is 3. The molecule has 0 saturated heterocycles. The van der Waals surface area contributed by atoms with E-state index >= 15 is 0 Å². The number of halogens is 3. The van der Waals surface area contributed by atoms with Gasteiger partial charge in [-0.3, -0.25) is 0 Å². The third-order valence-electron chi connectivity index (χ3n) is 1.14. The molecule has 3 nitrogen and oxygen atoms in total. The van der Waals surface area contributed by atoms with Gasteiger partial charge in [0.05, 0.1) is 11.6 Å². The molecule has 0 aliphatic carbocycles. The van der Waals surface area contributed by atoms with Gasteiger partial charge in [0.1, 0.15) is 5.69 Å². The Balaban J connectivity index is 3.08. The molecule has 0 fully saturated rings. The molecule has 0 spiro atoms. The first-order valence-electron chi connectivity index (χ1n) is 2.99. The zero-order valence-corrected chi connectivity index (χ0v) is 7.68. The summed E-state index contributed by atoms with van der Waals surface area (Å²) in [6.45, 7) is 0. The first-order chi connectivity index (χ1) is 5.65. The van der Waals surface area contributed by atoms with Crippen LogP contribution in [0.3, 0.4) is 0 Å². The van der Waals surface area contributed by atoms with Gasteiger partial charge in [-0.15, -0.1) is 0 Å². The molecule has 0 amide bonds. The van der Waals surface area contributed by atoms with Gasteiger partial charge in [-0.05, 0) is 15.9 Å². The Morgan fingerprint density at radius 2 is 2.25 bits per heavy atom. The minimum atomic E-state index is -2.63. The molecule has 0 bridgehead atoms. The van der Waals surface area contributed by atoms with Crippen LogP contribution in [0.15, 0.2) is 10.7 Å². The molecule has 12 heavy (non-hydrogen) atoms. The number of alkyl halides is 2. The first-order valence-corrected chi connectivity index (χ1v) is 3.79. The lowest BCUT2D eigenvalue weighted by molar-refractivity contribution is 0.143. The Bertz CT molecular complexity index is 282. The van der Waals surface area contributed by atoms with Crippen molar-refractivity contribution in [3.63, 3.8) is 0 Å². The zero-order valence-electron chi connectivity index (χ0n) is 6.09. The lowest BCUT2D eigenvalue weighted by atomic mass is 10.4. The average Bonchev–Trinajstić information content (AvgIpc) is 2.05. The van der Waals surface area contributed by atoms with E-state index in [1.165, 1.54) is 13.3 Å². The Kier molecular flexibility index (Phi) is 2.91. The third-order valence-corrected chi connectivity index (χ3v) is 1.75. The first kappa shape index (κ1) is 9.31. The summed E-state index contributed by atoms with van der Waals surface area (Å²) in [5.41, 5.74) is -0.359. The van der Waals surface area contributed by atoms with Crippen LogP contribution in [0.5, 0.6) is 6.01 Å². The second kappa shape index (κ2) is 3.75. The van der Waals surface area contributed by atoms with Gasteiger partial charge < -0.3 is 4.74 Å². The maximum absolute atomic E-state index is 12.2. The van der Waals surface area contributed by atoms with Crippen LogP contribution >= 0.6 is 15.9 Å². The van der Waals surface area contributed by atoms with Gasteiger partial charge in [0.2, 0.25) is 0 Å². The van der Waals surface area contributed by atoms with Crippen LogP contribution in [0, 0.1) is 0 Å². The van der Waals surface area contributed by atoms with Crippen LogP contribution < -0.4 is 4.74 Å². The normalized spacial score (nSPS) is 10.4. The van der Waals surface area contributed by atoms with E-state index in [0.29, 0.717) is 0 Å². The van der Waals surface area contributed by atoms with Gasteiger partial charge in [0.25, 0.3) is 6.43 Å². The van der Waals surface area contributed by atoms with Crippen molar-refractivity contribution in [2.24, 2.45) is 0 Å². The summed E-state index contributed by atoms with van der Waals surface area (Å²) < 4.78 is 29.1. The third kappa shape index (κ3) is 1.88. The van der Waals surface area contributed by atoms with Gasteiger partial charge in [-0.1, -0.05) is 0 Å². The molecule has 0 atom stereocenters. The maximum Gasteiger partial charge on any atom is 0.316 e. The minimum Gasteiger partial charge on any atom is -0.467 e. The molecular weight excluding hydrogens is 234 g/mol. The predicted molar refractivity (Wildman–Crippen MR) is 41.2 cm³/mol. The van der Waals surface area contributed by atoms with Crippen molar-refractivity contribution in [1.82, 2.24) is 9.97 Å². The molecule has 0 radical (unpaired) electrons. The van der Waals surface area contributed by atoms with Crippen molar-refractivity contribution in [2.75, 3.05) is 7.11 Å². The molecule has 1 rings (SSSR count). The molecule has 0 aliphatic heterocycles. The van der Waals surface area contributed by atoms with Crippen LogP contribution in [-0.4, -0.2) is 17.1 Å². The Labute approximate surface area is 75.9 Å². The molecular formula is C6H5BrF2N2O. The smallest absolute Gasteiger partial charge is 0.316 e. The highest BCUT2D eigenvalue weighted by Gasteiger charge is 2.14. The Morgan fingerprint density at radius 1 is 1.58 bits per heavy atom. The van der Waals surface area contributed by atoms with Crippen molar-refractivity contribution >= 4 is 15.9 Å². The van der Waals surface area contributed by atoms with Crippen LogP contribution in [0.2, 0.25) is 0 Å². The number of hydrogen-bond donors (Lipinski definition) is 0. The number of ether oxygens (including phenoxy) is 1. The van der Waals surface area contributed by atoms with Crippen LogP contribution in [0.4, 0.5) is 8.78 Å². The van der Waals surface area contributed by atoms with Crippen LogP contribution in [0.1, 0.15) is 12.1 Å². The zero-order chi connectivity index (χ0) is 9.14. The average molecular weight is 239 g/mol. The molecule has 1 aromatic rings. The number of methoxy groups -OCH3 is 1. The monoisotopic (exact) mass is 238 g/mol. The van der Waals surface area contributed by atoms with E-state index in [0.717, 1.165) is 0 Å². The summed E-state index contributed by atoms with van der Waals surface area (Å²) in [4.78, 5) is 7.09. The van der Waals surface area contributed by atoms with E-state index in [-0.39, 0.29) is 16.2 Å². The van der Waals surface area contributed by atoms with Crippen molar-refractivity contribution < 1.29 is 13.5 Å². The van der Waals surface area contributed by atoms with E-state index < -0.39 is 6.43 Å². The highest BCUT2D eigenvalue weighted by molar-refractivity contribution is 9.10. The summed E-state index contributed by atoms with van der Waals surface area (Å²) in [5, 5.41) is 0. The van der Waals surface area contributed by atoms with E-state index in [2.05, 4.69) is 30.6 Å². The SMILES string of the molecule is COc1ncc(Br)c(C(F)F)n1. The summed E-state index contributed by atoms with van der Waals surface area (Å²) >= 11 is 2.90. The molecule has 0 unspecified atom stereocenters. The van der Waals surface area contributed by atoms with E-state index in [9.17, 15) is 8.78 Å². The molecule has 0 saturated carbocycles. The fraction of sp³-hybridized carbons (Fsp3) is 0.333. The highest BCUT2D eigenvalue weighted by atomic mass is 79.9. The molecule has 1 aromatic heterocycles. The van der Waals surface area contributed by atoms with Crippen molar-refractivity contribution in [3.8, 4) is 6.01 Å². The summed E-state index contributed by atoms with van der Waals surface area (Å²) in [5.74, 6) is 0. The van der Waals surface area contributed by atoms with Crippen molar-refractivity contribution in [3.05, 3.63) is 16.4 Å². The van der Waals surface area contributed by atoms with E-state index in [1.54, 1.807) is 0 Å². The topological polar surface area (TPSA) is 35.0 Å². The molecule has 66 valence electrons. The largest absolute Gasteiger partial charge is 0.467 e. The van der Waals surface area contributed by atoms with Gasteiger partial charge in [0, 0.05) is 6.20 Å². The second-order valence-corrected chi connectivity index (χ2v) is 2.74. The van der Waals surface area contributed by atoms with Crippen molar-refractivity contribution in [1.29, 1.82) is 0 Å². The fourth-order valence-electron chi connectivity index (χ4n) is 0.615. The molecule has 1 heterocycles. The quantitative estimate of drug-likeness (QED) is 0.793. The van der Waals surface area contributed by atoms with Crippen molar-refractivity contribution in [2.45, 2.75) is 6.43 Å². The molecule has 0 N–H and O–H groups in total. The lowest BCUT2D eigenvalue weighted by Gasteiger charge is -2.02. The number of rotatable bonds is 2. The second-order valence-electron chi connectivity index (χ2n) is 1.89. The summed E-state index contributed by atoms with van der Waals surface area (Å²) in [6.07, 6.45) is -1.40. The highest BCUT2D eigenvalue weighted by Crippen LogP contribution is 2.25.